The molecular formula is C11H12BrN3O3. The average Bonchev–Trinajstić information content (AvgIpc) is 2.75. The maximum absolute atomic E-state index is 12.2. The van der Waals surface area contributed by atoms with Gasteiger partial charge in [0, 0.05) is 35.7 Å². The summed E-state index contributed by atoms with van der Waals surface area (Å²) in [5, 5.41) is 10.7. The second-order valence-electron chi connectivity index (χ2n) is 4.22. The Hall–Kier alpha value is -1.47. The molecule has 0 saturated carbocycles. The van der Waals surface area contributed by atoms with Crippen molar-refractivity contribution in [2.45, 2.75) is 12.5 Å². The molecule has 1 aliphatic rings. The van der Waals surface area contributed by atoms with Crippen molar-refractivity contribution in [3.63, 3.8) is 0 Å². The molecule has 1 atom stereocenters. The lowest BCUT2D eigenvalue weighted by atomic mass is 10.2. The maximum Gasteiger partial charge on any atom is 0.270 e. The Bertz CT molecular complexity index is 506. The molecule has 1 aromatic rings. The second-order valence-corrected chi connectivity index (χ2v) is 5.08. The fourth-order valence-corrected chi connectivity index (χ4v) is 2.35. The normalized spacial score (nSPS) is 19.0. The number of likely N-dealkylation sites (tertiary alicyclic amines) is 1. The number of nitro benzene ring substituents is 1. The van der Waals surface area contributed by atoms with E-state index in [1.54, 1.807) is 4.90 Å². The number of carbonyl (C=O) groups excluding carboxylic acids is 1. The van der Waals surface area contributed by atoms with Gasteiger partial charge in [-0.3, -0.25) is 14.9 Å². The van der Waals surface area contributed by atoms with E-state index in [9.17, 15) is 14.9 Å². The summed E-state index contributed by atoms with van der Waals surface area (Å²) in [4.78, 5) is 24.0. The number of non-ortho nitro benzene ring substituents is 1. The third kappa shape index (κ3) is 2.51. The Morgan fingerprint density at radius 1 is 1.56 bits per heavy atom. The molecule has 2 rings (SSSR count). The van der Waals surface area contributed by atoms with Gasteiger partial charge in [-0.25, -0.2) is 0 Å². The molecule has 1 fully saturated rings. The van der Waals surface area contributed by atoms with Crippen LogP contribution in [0.1, 0.15) is 16.8 Å². The molecule has 6 nitrogen and oxygen atoms in total. The third-order valence-corrected chi connectivity index (χ3v) is 3.59. The lowest BCUT2D eigenvalue weighted by molar-refractivity contribution is -0.384. The molecular weight excluding hydrogens is 302 g/mol. The van der Waals surface area contributed by atoms with Crippen molar-refractivity contribution in [1.29, 1.82) is 0 Å². The largest absolute Gasteiger partial charge is 0.337 e. The number of halogens is 1. The summed E-state index contributed by atoms with van der Waals surface area (Å²) in [7, 11) is 0. The Morgan fingerprint density at radius 2 is 2.28 bits per heavy atom. The number of rotatable bonds is 2. The minimum atomic E-state index is -0.515. The Labute approximate surface area is 112 Å². The predicted molar refractivity (Wildman–Crippen MR) is 69.3 cm³/mol. The number of nitrogens with two attached hydrogens (primary N) is 1. The Kier molecular flexibility index (Phi) is 3.63. The molecule has 0 bridgehead atoms. The molecule has 1 aliphatic heterocycles. The summed E-state index contributed by atoms with van der Waals surface area (Å²) in [6.07, 6.45) is 0.762. The van der Waals surface area contributed by atoms with E-state index in [1.165, 1.54) is 18.2 Å². The van der Waals surface area contributed by atoms with Crippen molar-refractivity contribution in [3.05, 3.63) is 38.3 Å². The molecule has 0 radical (unpaired) electrons. The Morgan fingerprint density at radius 3 is 2.83 bits per heavy atom. The highest BCUT2D eigenvalue weighted by atomic mass is 79.9. The van der Waals surface area contributed by atoms with Crippen molar-refractivity contribution in [3.8, 4) is 0 Å². The molecule has 0 aliphatic carbocycles. The Balaban J connectivity index is 2.29. The van der Waals surface area contributed by atoms with Crippen molar-refractivity contribution in [2.24, 2.45) is 5.73 Å². The van der Waals surface area contributed by atoms with E-state index < -0.39 is 4.92 Å². The minimum absolute atomic E-state index is 0.00794. The van der Waals surface area contributed by atoms with Gasteiger partial charge in [0.1, 0.15) is 0 Å². The van der Waals surface area contributed by atoms with Gasteiger partial charge < -0.3 is 10.6 Å². The van der Waals surface area contributed by atoms with Crippen LogP contribution in [0.5, 0.6) is 0 Å². The first-order valence-electron chi connectivity index (χ1n) is 5.48. The van der Waals surface area contributed by atoms with Crippen LogP contribution in [0.3, 0.4) is 0 Å². The molecule has 1 heterocycles. The molecule has 0 aromatic heterocycles. The summed E-state index contributed by atoms with van der Waals surface area (Å²) in [6, 6.07) is 4.15. The van der Waals surface area contributed by atoms with Gasteiger partial charge >= 0.3 is 0 Å². The number of hydrogen-bond donors (Lipinski definition) is 1. The van der Waals surface area contributed by atoms with E-state index in [0.29, 0.717) is 23.1 Å². The van der Waals surface area contributed by atoms with E-state index in [-0.39, 0.29) is 17.6 Å². The monoisotopic (exact) mass is 313 g/mol. The van der Waals surface area contributed by atoms with Gasteiger partial charge in [-0.2, -0.15) is 0 Å². The van der Waals surface area contributed by atoms with Crippen LogP contribution in [0.15, 0.2) is 22.7 Å². The van der Waals surface area contributed by atoms with Crippen LogP contribution in [-0.2, 0) is 0 Å². The fourth-order valence-electron chi connectivity index (χ4n) is 1.93. The number of benzene rings is 1. The average molecular weight is 314 g/mol. The molecule has 96 valence electrons. The van der Waals surface area contributed by atoms with E-state index in [0.717, 1.165) is 6.42 Å². The SMILES string of the molecule is N[C@H]1CCN(C(=O)c2cc([N+](=O)[O-])ccc2Br)C1. The highest BCUT2D eigenvalue weighted by Crippen LogP contribution is 2.25. The number of hydrogen-bond acceptors (Lipinski definition) is 4. The number of nitro groups is 1. The first kappa shape index (κ1) is 13.0. The van der Waals surface area contributed by atoms with Crippen LogP contribution in [0.4, 0.5) is 5.69 Å². The highest BCUT2D eigenvalue weighted by molar-refractivity contribution is 9.10. The van der Waals surface area contributed by atoms with E-state index in [4.69, 9.17) is 5.73 Å². The maximum atomic E-state index is 12.2. The second kappa shape index (κ2) is 5.03. The van der Waals surface area contributed by atoms with Crippen molar-refractivity contribution in [2.75, 3.05) is 13.1 Å². The van der Waals surface area contributed by atoms with Gasteiger partial charge in [-0.1, -0.05) is 0 Å². The zero-order chi connectivity index (χ0) is 13.3. The number of amides is 1. The van der Waals surface area contributed by atoms with Crippen LogP contribution in [0.25, 0.3) is 0 Å². The smallest absolute Gasteiger partial charge is 0.270 e. The third-order valence-electron chi connectivity index (χ3n) is 2.90. The van der Waals surface area contributed by atoms with Gasteiger partial charge in [-0.15, -0.1) is 0 Å². The summed E-state index contributed by atoms with van der Waals surface area (Å²) in [5.41, 5.74) is 5.95. The molecule has 0 spiro atoms. The van der Waals surface area contributed by atoms with E-state index in [1.807, 2.05) is 0 Å². The zero-order valence-corrected chi connectivity index (χ0v) is 11.1. The van der Waals surface area contributed by atoms with Gasteiger partial charge in [0.15, 0.2) is 0 Å². The van der Waals surface area contributed by atoms with E-state index >= 15 is 0 Å². The van der Waals surface area contributed by atoms with Crippen LogP contribution in [0.2, 0.25) is 0 Å². The molecule has 1 saturated heterocycles. The molecule has 1 amide bonds. The zero-order valence-electron chi connectivity index (χ0n) is 9.51. The topological polar surface area (TPSA) is 89.5 Å². The van der Waals surface area contributed by atoms with E-state index in [2.05, 4.69) is 15.9 Å². The summed E-state index contributed by atoms with van der Waals surface area (Å²) in [5.74, 6) is -0.224. The highest BCUT2D eigenvalue weighted by Gasteiger charge is 2.26. The molecule has 1 aromatic carbocycles. The molecule has 0 unspecified atom stereocenters. The van der Waals surface area contributed by atoms with Crippen LogP contribution < -0.4 is 5.73 Å². The summed E-state index contributed by atoms with van der Waals surface area (Å²) < 4.78 is 0.554. The lowest BCUT2D eigenvalue weighted by Gasteiger charge is -2.16. The van der Waals surface area contributed by atoms with Crippen molar-refractivity contribution < 1.29 is 9.72 Å². The number of nitrogens with zero attached hydrogens (tertiary/aromatic N) is 2. The molecule has 7 heteroatoms. The van der Waals surface area contributed by atoms with Gasteiger partial charge in [-0.05, 0) is 28.4 Å². The minimum Gasteiger partial charge on any atom is -0.337 e. The first-order chi connectivity index (χ1) is 8.49. The van der Waals surface area contributed by atoms with Crippen molar-refractivity contribution >= 4 is 27.5 Å². The van der Waals surface area contributed by atoms with Crippen LogP contribution in [-0.4, -0.2) is 34.9 Å². The predicted octanol–water partition coefficient (Wildman–Crippen LogP) is 1.53. The van der Waals surface area contributed by atoms with Gasteiger partial charge in [0.2, 0.25) is 0 Å². The molecule has 2 N–H and O–H groups in total. The van der Waals surface area contributed by atoms with Crippen LogP contribution >= 0.6 is 15.9 Å². The summed E-state index contributed by atoms with van der Waals surface area (Å²) in [6.45, 7) is 1.09. The lowest BCUT2D eigenvalue weighted by Crippen LogP contribution is -2.32. The van der Waals surface area contributed by atoms with Crippen molar-refractivity contribution in [1.82, 2.24) is 4.90 Å². The standard InChI is InChI=1S/C11H12BrN3O3/c12-10-2-1-8(15(17)18)5-9(10)11(16)14-4-3-7(13)6-14/h1-2,5,7H,3-4,6,13H2/t7-/m0/s1. The summed E-state index contributed by atoms with van der Waals surface area (Å²) >= 11 is 3.24. The van der Waals surface area contributed by atoms with Gasteiger partial charge in [0.25, 0.3) is 11.6 Å². The van der Waals surface area contributed by atoms with Crippen LogP contribution in [0, 0.1) is 10.1 Å². The fraction of sp³-hybridized carbons (Fsp3) is 0.364. The quantitative estimate of drug-likeness (QED) is 0.662. The number of carbonyl (C=O) groups is 1. The van der Waals surface area contributed by atoms with Gasteiger partial charge in [0.05, 0.1) is 10.5 Å². The first-order valence-corrected chi connectivity index (χ1v) is 6.27. The molecule has 18 heavy (non-hydrogen) atoms.